The van der Waals surface area contributed by atoms with E-state index in [0.717, 1.165) is 23.0 Å². The Morgan fingerprint density at radius 3 is 2.05 bits per heavy atom. The number of aromatic nitrogens is 5. The zero-order valence-electron chi connectivity index (χ0n) is 12.3. The van der Waals surface area contributed by atoms with Crippen LogP contribution in [0.4, 0.5) is 0 Å². The molecule has 0 spiro atoms. The summed E-state index contributed by atoms with van der Waals surface area (Å²) >= 11 is 0. The van der Waals surface area contributed by atoms with E-state index in [1.807, 2.05) is 50.2 Å². The molecule has 0 saturated carbocycles. The van der Waals surface area contributed by atoms with Crippen LogP contribution in [0.25, 0.3) is 0 Å². The minimum atomic E-state index is 0.638. The molecule has 3 rings (SSSR count). The van der Waals surface area contributed by atoms with Crippen LogP contribution in [0.1, 0.15) is 36.9 Å². The van der Waals surface area contributed by atoms with Crippen LogP contribution in [0.5, 0.6) is 0 Å². The number of nitrogens with zero attached hydrogens (tertiary/aromatic N) is 4. The molecular formula is C16H19N5. The summed E-state index contributed by atoms with van der Waals surface area (Å²) in [7, 11) is 0. The third-order valence-electron chi connectivity index (χ3n) is 2.72. The molecule has 0 aliphatic heterocycles. The highest BCUT2D eigenvalue weighted by Crippen LogP contribution is 2.05. The second-order valence-electron chi connectivity index (χ2n) is 4.19. The Kier molecular flexibility index (Phi) is 5.58. The van der Waals surface area contributed by atoms with Crippen molar-refractivity contribution in [3.8, 4) is 0 Å². The van der Waals surface area contributed by atoms with Gasteiger partial charge in [0, 0.05) is 30.2 Å². The van der Waals surface area contributed by atoms with Gasteiger partial charge in [-0.2, -0.15) is 5.10 Å². The van der Waals surface area contributed by atoms with E-state index in [1.54, 1.807) is 12.4 Å². The van der Waals surface area contributed by atoms with Crippen molar-refractivity contribution in [3.05, 3.63) is 71.8 Å². The first-order chi connectivity index (χ1) is 10.4. The fraction of sp³-hybridized carbons (Fsp3) is 0.250. The number of pyridine rings is 2. The average Bonchev–Trinajstić information content (AvgIpc) is 2.98. The minimum Gasteiger partial charge on any atom is -0.263 e. The second-order valence-corrected chi connectivity index (χ2v) is 4.19. The van der Waals surface area contributed by atoms with Crippen molar-refractivity contribution in [2.45, 2.75) is 26.7 Å². The molecule has 0 radical (unpaired) electrons. The van der Waals surface area contributed by atoms with Crippen molar-refractivity contribution in [2.24, 2.45) is 0 Å². The van der Waals surface area contributed by atoms with Crippen LogP contribution >= 0.6 is 0 Å². The Labute approximate surface area is 124 Å². The Bertz CT molecular complexity index is 578. The molecule has 3 aromatic rings. The molecule has 0 saturated heterocycles. The second kappa shape index (κ2) is 7.89. The van der Waals surface area contributed by atoms with Crippen LogP contribution in [0, 0.1) is 0 Å². The van der Waals surface area contributed by atoms with Crippen LogP contribution < -0.4 is 0 Å². The van der Waals surface area contributed by atoms with Gasteiger partial charge in [-0.15, -0.1) is 0 Å². The van der Waals surface area contributed by atoms with Crippen LogP contribution in [0.3, 0.4) is 0 Å². The minimum absolute atomic E-state index is 0.638. The van der Waals surface area contributed by atoms with Gasteiger partial charge in [-0.3, -0.25) is 15.1 Å². The van der Waals surface area contributed by atoms with Gasteiger partial charge < -0.3 is 0 Å². The lowest BCUT2D eigenvalue weighted by Gasteiger charge is -1.95. The molecule has 0 aliphatic carbocycles. The number of nitrogens with one attached hydrogen (secondary N) is 1. The summed E-state index contributed by atoms with van der Waals surface area (Å²) in [5.74, 6) is 1.58. The van der Waals surface area contributed by atoms with Gasteiger partial charge in [0.15, 0.2) is 5.82 Å². The number of aromatic amines is 1. The van der Waals surface area contributed by atoms with E-state index in [9.17, 15) is 0 Å². The van der Waals surface area contributed by atoms with E-state index in [4.69, 9.17) is 0 Å². The van der Waals surface area contributed by atoms with Gasteiger partial charge in [0.2, 0.25) is 0 Å². The maximum absolute atomic E-state index is 4.45. The summed E-state index contributed by atoms with van der Waals surface area (Å²) in [5, 5.41) is 7.15. The first-order valence-electron chi connectivity index (χ1n) is 7.10. The Morgan fingerprint density at radius 2 is 1.48 bits per heavy atom. The largest absolute Gasteiger partial charge is 0.263 e. The maximum Gasteiger partial charge on any atom is 0.156 e. The molecule has 5 nitrogen and oxygen atoms in total. The number of rotatable bonds is 4. The maximum atomic E-state index is 4.45. The van der Waals surface area contributed by atoms with Crippen LogP contribution in [0.15, 0.2) is 48.8 Å². The molecule has 0 bridgehead atoms. The predicted molar refractivity (Wildman–Crippen MR) is 81.8 cm³/mol. The van der Waals surface area contributed by atoms with E-state index in [2.05, 4.69) is 25.1 Å². The van der Waals surface area contributed by atoms with Crippen molar-refractivity contribution in [1.29, 1.82) is 0 Å². The lowest BCUT2D eigenvalue weighted by atomic mass is 10.2. The number of hydrogen-bond donors (Lipinski definition) is 1. The summed E-state index contributed by atoms with van der Waals surface area (Å²) in [5.41, 5.74) is 1.94. The zero-order chi connectivity index (χ0) is 14.9. The van der Waals surface area contributed by atoms with Gasteiger partial charge >= 0.3 is 0 Å². The Hall–Kier alpha value is -2.56. The molecule has 5 heteroatoms. The van der Waals surface area contributed by atoms with Gasteiger partial charge in [0.05, 0.1) is 6.42 Å². The van der Waals surface area contributed by atoms with E-state index >= 15 is 0 Å². The van der Waals surface area contributed by atoms with Crippen molar-refractivity contribution < 1.29 is 0 Å². The molecule has 108 valence electrons. The standard InChI is InChI=1S/C14H13N5.C2H6/c1-3-7-15-11(5-1)9-13-17-14(19-18-13)10-12-6-2-4-8-16-12;1-2/h1-8H,9-10H2,(H,17,18,19);1-2H3. The van der Waals surface area contributed by atoms with Gasteiger partial charge in [-0.05, 0) is 24.3 Å². The highest BCUT2D eigenvalue weighted by Gasteiger charge is 2.06. The zero-order valence-corrected chi connectivity index (χ0v) is 12.3. The molecule has 0 unspecified atom stereocenters. The Balaban J connectivity index is 0.000000774. The lowest BCUT2D eigenvalue weighted by Crippen LogP contribution is -1.95. The summed E-state index contributed by atoms with van der Waals surface area (Å²) < 4.78 is 0. The fourth-order valence-electron chi connectivity index (χ4n) is 1.83. The highest BCUT2D eigenvalue weighted by atomic mass is 15.2. The molecule has 1 N–H and O–H groups in total. The highest BCUT2D eigenvalue weighted by molar-refractivity contribution is 5.12. The quantitative estimate of drug-likeness (QED) is 0.798. The topological polar surface area (TPSA) is 67.3 Å². The molecule has 3 aromatic heterocycles. The summed E-state index contributed by atoms with van der Waals surface area (Å²) in [4.78, 5) is 13.0. The van der Waals surface area contributed by atoms with Crippen molar-refractivity contribution in [1.82, 2.24) is 25.1 Å². The fourth-order valence-corrected chi connectivity index (χ4v) is 1.83. The van der Waals surface area contributed by atoms with Crippen molar-refractivity contribution in [2.75, 3.05) is 0 Å². The number of hydrogen-bond acceptors (Lipinski definition) is 4. The smallest absolute Gasteiger partial charge is 0.156 e. The molecule has 3 heterocycles. The predicted octanol–water partition coefficient (Wildman–Crippen LogP) is 2.80. The molecule has 0 atom stereocenters. The van der Waals surface area contributed by atoms with E-state index in [-0.39, 0.29) is 0 Å². The van der Waals surface area contributed by atoms with Gasteiger partial charge in [0.1, 0.15) is 5.82 Å². The van der Waals surface area contributed by atoms with E-state index < -0.39 is 0 Å². The van der Waals surface area contributed by atoms with Gasteiger partial charge in [-0.1, -0.05) is 26.0 Å². The summed E-state index contributed by atoms with van der Waals surface area (Å²) in [6.07, 6.45) is 4.85. The van der Waals surface area contributed by atoms with E-state index in [0.29, 0.717) is 12.8 Å². The summed E-state index contributed by atoms with van der Waals surface area (Å²) in [6, 6.07) is 11.7. The van der Waals surface area contributed by atoms with Crippen LogP contribution in [-0.4, -0.2) is 25.1 Å². The molecule has 21 heavy (non-hydrogen) atoms. The molecule has 0 aliphatic rings. The third-order valence-corrected chi connectivity index (χ3v) is 2.72. The lowest BCUT2D eigenvalue weighted by molar-refractivity contribution is 0.933. The first-order valence-corrected chi connectivity index (χ1v) is 7.10. The van der Waals surface area contributed by atoms with Gasteiger partial charge in [-0.25, -0.2) is 4.98 Å². The first kappa shape index (κ1) is 14.8. The normalized spacial score (nSPS) is 9.81. The van der Waals surface area contributed by atoms with Crippen LogP contribution in [0.2, 0.25) is 0 Å². The summed E-state index contributed by atoms with van der Waals surface area (Å²) in [6.45, 7) is 4.00. The third kappa shape index (κ3) is 4.49. The molecule has 0 aromatic carbocycles. The van der Waals surface area contributed by atoms with Crippen molar-refractivity contribution >= 4 is 0 Å². The van der Waals surface area contributed by atoms with E-state index in [1.165, 1.54) is 0 Å². The molecule has 0 amide bonds. The Morgan fingerprint density at radius 1 is 0.857 bits per heavy atom. The average molecular weight is 281 g/mol. The van der Waals surface area contributed by atoms with Gasteiger partial charge in [0.25, 0.3) is 0 Å². The van der Waals surface area contributed by atoms with Crippen molar-refractivity contribution in [3.63, 3.8) is 0 Å². The number of H-pyrrole nitrogens is 1. The SMILES string of the molecule is CC.c1ccc(Cc2n[nH]c(Cc3ccccn3)n2)nc1. The molecular weight excluding hydrogens is 262 g/mol. The monoisotopic (exact) mass is 281 g/mol. The molecule has 0 fully saturated rings. The van der Waals surface area contributed by atoms with Crippen LogP contribution in [-0.2, 0) is 12.8 Å².